The van der Waals surface area contributed by atoms with E-state index in [1.54, 1.807) is 0 Å². The summed E-state index contributed by atoms with van der Waals surface area (Å²) < 4.78 is 39.7. The highest BCUT2D eigenvalue weighted by Crippen LogP contribution is 2.32. The normalized spacial score (nSPS) is 16.7. The van der Waals surface area contributed by atoms with E-state index in [1.807, 2.05) is 0 Å². The first-order valence-electron chi connectivity index (χ1n) is 6.14. The fraction of sp³-hybridized carbons (Fsp3) is 0.385. The van der Waals surface area contributed by atoms with Crippen molar-refractivity contribution in [2.24, 2.45) is 0 Å². The van der Waals surface area contributed by atoms with Crippen LogP contribution in [0.4, 0.5) is 13.2 Å². The molecule has 0 saturated heterocycles. The van der Waals surface area contributed by atoms with Gasteiger partial charge >= 0.3 is 12.3 Å². The number of carboxylic acids is 1. The van der Waals surface area contributed by atoms with Gasteiger partial charge in [-0.3, -0.25) is 4.79 Å². The second kappa shape index (κ2) is 5.27. The Labute approximate surface area is 117 Å². The molecule has 114 valence electrons. The second-order valence-electron chi connectivity index (χ2n) is 4.77. The van der Waals surface area contributed by atoms with Crippen molar-refractivity contribution in [3.63, 3.8) is 0 Å². The molecule has 0 heterocycles. The SMILES string of the molecule is O=C(NC1(C(=O)O)CCC1)c1ccc(OC(F)(F)F)cc1. The molecule has 2 N–H and O–H groups in total. The van der Waals surface area contributed by atoms with E-state index in [1.165, 1.54) is 0 Å². The van der Waals surface area contributed by atoms with Gasteiger partial charge in [-0.1, -0.05) is 0 Å². The fourth-order valence-corrected chi connectivity index (χ4v) is 2.02. The zero-order valence-electron chi connectivity index (χ0n) is 10.7. The van der Waals surface area contributed by atoms with Crippen molar-refractivity contribution in [2.45, 2.75) is 31.2 Å². The molecule has 1 amide bonds. The highest BCUT2D eigenvalue weighted by Gasteiger charge is 2.45. The van der Waals surface area contributed by atoms with Crippen molar-refractivity contribution in [3.8, 4) is 5.75 Å². The van der Waals surface area contributed by atoms with Crippen molar-refractivity contribution in [1.82, 2.24) is 5.32 Å². The topological polar surface area (TPSA) is 75.6 Å². The Morgan fingerprint density at radius 1 is 1.19 bits per heavy atom. The maximum atomic E-state index is 12.0. The Morgan fingerprint density at radius 2 is 1.76 bits per heavy atom. The molecule has 1 aromatic rings. The molecular formula is C13H12F3NO4. The lowest BCUT2D eigenvalue weighted by molar-refractivity contribution is -0.274. The van der Waals surface area contributed by atoms with Crippen molar-refractivity contribution in [1.29, 1.82) is 0 Å². The van der Waals surface area contributed by atoms with Crippen LogP contribution in [0.2, 0.25) is 0 Å². The summed E-state index contributed by atoms with van der Waals surface area (Å²) in [6.07, 6.45) is -3.43. The van der Waals surface area contributed by atoms with Gasteiger partial charge in [-0.2, -0.15) is 0 Å². The van der Waals surface area contributed by atoms with Gasteiger partial charge in [0, 0.05) is 5.56 Å². The first-order valence-corrected chi connectivity index (χ1v) is 6.14. The van der Waals surface area contributed by atoms with Gasteiger partial charge in [-0.05, 0) is 43.5 Å². The van der Waals surface area contributed by atoms with Crippen LogP contribution in [0.3, 0.4) is 0 Å². The molecule has 8 heteroatoms. The number of alkyl halides is 3. The van der Waals surface area contributed by atoms with Gasteiger partial charge in [0.25, 0.3) is 5.91 Å². The van der Waals surface area contributed by atoms with E-state index in [9.17, 15) is 22.8 Å². The van der Waals surface area contributed by atoms with Crippen LogP contribution in [0.5, 0.6) is 5.75 Å². The summed E-state index contributed by atoms with van der Waals surface area (Å²) in [6, 6.07) is 4.28. The largest absolute Gasteiger partial charge is 0.573 e. The third-order valence-corrected chi connectivity index (χ3v) is 3.32. The minimum absolute atomic E-state index is 0.0667. The number of amides is 1. The summed E-state index contributed by atoms with van der Waals surface area (Å²) in [6.45, 7) is 0. The van der Waals surface area contributed by atoms with E-state index >= 15 is 0 Å². The molecule has 0 aromatic heterocycles. The lowest BCUT2D eigenvalue weighted by atomic mass is 9.76. The Morgan fingerprint density at radius 3 is 2.14 bits per heavy atom. The predicted molar refractivity (Wildman–Crippen MR) is 64.8 cm³/mol. The average molecular weight is 303 g/mol. The number of hydrogen-bond acceptors (Lipinski definition) is 3. The molecule has 0 spiro atoms. The van der Waals surface area contributed by atoms with Gasteiger partial charge in [0.05, 0.1) is 0 Å². The molecule has 0 unspecified atom stereocenters. The number of carbonyl (C=O) groups excluding carboxylic acids is 1. The van der Waals surface area contributed by atoms with Gasteiger partial charge in [0.2, 0.25) is 0 Å². The van der Waals surface area contributed by atoms with Gasteiger partial charge < -0.3 is 15.2 Å². The molecule has 21 heavy (non-hydrogen) atoms. The third-order valence-electron chi connectivity index (χ3n) is 3.32. The molecule has 0 atom stereocenters. The van der Waals surface area contributed by atoms with Crippen molar-refractivity contribution in [2.75, 3.05) is 0 Å². The van der Waals surface area contributed by atoms with E-state index in [0.29, 0.717) is 19.3 Å². The first-order chi connectivity index (χ1) is 9.72. The van der Waals surface area contributed by atoms with Crippen LogP contribution in [-0.4, -0.2) is 28.9 Å². The number of ether oxygens (including phenoxy) is 1. The molecule has 0 bridgehead atoms. The first kappa shape index (κ1) is 15.1. The fourth-order valence-electron chi connectivity index (χ4n) is 2.02. The highest BCUT2D eigenvalue weighted by molar-refractivity contribution is 5.98. The summed E-state index contributed by atoms with van der Waals surface area (Å²) in [5.41, 5.74) is -1.20. The summed E-state index contributed by atoms with van der Waals surface area (Å²) in [4.78, 5) is 23.0. The van der Waals surface area contributed by atoms with E-state index in [4.69, 9.17) is 5.11 Å². The minimum Gasteiger partial charge on any atom is -0.480 e. The van der Waals surface area contributed by atoms with Crippen LogP contribution in [0, 0.1) is 0 Å². The monoisotopic (exact) mass is 303 g/mol. The zero-order valence-corrected chi connectivity index (χ0v) is 10.7. The number of hydrogen-bond donors (Lipinski definition) is 2. The number of rotatable bonds is 4. The molecule has 1 aliphatic carbocycles. The smallest absolute Gasteiger partial charge is 0.480 e. The van der Waals surface area contributed by atoms with Crippen LogP contribution in [-0.2, 0) is 4.79 Å². The molecular weight excluding hydrogens is 291 g/mol. The molecule has 0 radical (unpaired) electrons. The molecule has 5 nitrogen and oxygen atoms in total. The Balaban J connectivity index is 2.05. The van der Waals surface area contributed by atoms with Gasteiger partial charge in [0.15, 0.2) is 0 Å². The standard InChI is InChI=1S/C13H12F3NO4/c14-13(15,16)21-9-4-2-8(3-5-9)10(18)17-12(11(19)20)6-1-7-12/h2-5H,1,6-7H2,(H,17,18)(H,19,20). The number of nitrogens with one attached hydrogen (secondary N) is 1. The minimum atomic E-state index is -4.80. The maximum Gasteiger partial charge on any atom is 0.573 e. The van der Waals surface area contributed by atoms with Crippen LogP contribution in [0.15, 0.2) is 24.3 Å². The van der Waals surface area contributed by atoms with E-state index in [-0.39, 0.29) is 5.56 Å². The molecule has 1 aromatic carbocycles. The van der Waals surface area contributed by atoms with Crippen molar-refractivity contribution in [3.05, 3.63) is 29.8 Å². The van der Waals surface area contributed by atoms with Crippen LogP contribution >= 0.6 is 0 Å². The van der Waals surface area contributed by atoms with E-state index < -0.39 is 29.5 Å². The van der Waals surface area contributed by atoms with Gasteiger partial charge in [0.1, 0.15) is 11.3 Å². The Bertz CT molecular complexity index is 550. The number of halogens is 3. The molecule has 1 fully saturated rings. The lowest BCUT2D eigenvalue weighted by Crippen LogP contribution is -2.59. The molecule has 2 rings (SSSR count). The number of benzene rings is 1. The quantitative estimate of drug-likeness (QED) is 0.895. The van der Waals surface area contributed by atoms with Crippen molar-refractivity contribution >= 4 is 11.9 Å². The molecule has 0 aliphatic heterocycles. The molecule has 1 aliphatic rings. The van der Waals surface area contributed by atoms with E-state index in [2.05, 4.69) is 10.1 Å². The van der Waals surface area contributed by atoms with Crippen LogP contribution < -0.4 is 10.1 Å². The highest BCUT2D eigenvalue weighted by atomic mass is 19.4. The summed E-state index contributed by atoms with van der Waals surface area (Å²) in [7, 11) is 0. The summed E-state index contributed by atoms with van der Waals surface area (Å²) in [5.74, 6) is -2.20. The van der Waals surface area contributed by atoms with E-state index in [0.717, 1.165) is 24.3 Å². The Hall–Kier alpha value is -2.25. The lowest BCUT2D eigenvalue weighted by Gasteiger charge is -2.38. The maximum absolute atomic E-state index is 12.0. The van der Waals surface area contributed by atoms with Gasteiger partial charge in [-0.25, -0.2) is 4.79 Å². The predicted octanol–water partition coefficient (Wildman–Crippen LogP) is 2.32. The summed E-state index contributed by atoms with van der Waals surface area (Å²) >= 11 is 0. The zero-order chi connectivity index (χ0) is 15.7. The second-order valence-corrected chi connectivity index (χ2v) is 4.77. The summed E-state index contributed by atoms with van der Waals surface area (Å²) in [5, 5.41) is 11.5. The number of carboxylic acid groups (broad SMARTS) is 1. The third kappa shape index (κ3) is 3.45. The van der Waals surface area contributed by atoms with Crippen molar-refractivity contribution < 1.29 is 32.6 Å². The average Bonchev–Trinajstić information content (AvgIpc) is 2.32. The van der Waals surface area contributed by atoms with Crippen LogP contribution in [0.1, 0.15) is 29.6 Å². The van der Waals surface area contributed by atoms with Crippen LogP contribution in [0.25, 0.3) is 0 Å². The number of carbonyl (C=O) groups is 2. The van der Waals surface area contributed by atoms with Gasteiger partial charge in [-0.15, -0.1) is 13.2 Å². The Kier molecular flexibility index (Phi) is 3.80. The molecule has 1 saturated carbocycles. The number of aliphatic carboxylic acids is 1.